The van der Waals surface area contributed by atoms with Crippen molar-refractivity contribution >= 4 is 28.9 Å². The van der Waals surface area contributed by atoms with Gasteiger partial charge in [-0.15, -0.1) is 0 Å². The normalized spacial score (nSPS) is 17.4. The number of nitrogens with zero attached hydrogens (tertiary/aromatic N) is 3. The predicted octanol–water partition coefficient (Wildman–Crippen LogP) is 6.38. The summed E-state index contributed by atoms with van der Waals surface area (Å²) in [6, 6.07) is 12.0. The van der Waals surface area contributed by atoms with Crippen LogP contribution in [-0.2, 0) is 11.3 Å². The Morgan fingerprint density at radius 3 is 2.31 bits per heavy atom. The van der Waals surface area contributed by atoms with Crippen LogP contribution in [0.1, 0.15) is 68.9 Å². The number of rotatable bonds is 11. The van der Waals surface area contributed by atoms with E-state index in [1.54, 1.807) is 0 Å². The molecule has 2 N–H and O–H groups in total. The first-order chi connectivity index (χ1) is 17.7. The van der Waals surface area contributed by atoms with Gasteiger partial charge in [-0.25, -0.2) is 4.98 Å². The van der Waals surface area contributed by atoms with E-state index in [1.807, 2.05) is 30.3 Å². The Hall–Kier alpha value is -2.15. The molecule has 4 rings (SSSR count). The summed E-state index contributed by atoms with van der Waals surface area (Å²) in [5.41, 5.74) is 2.42. The summed E-state index contributed by atoms with van der Waals surface area (Å²) in [4.78, 5) is 9.95. The fourth-order valence-corrected chi connectivity index (χ4v) is 5.22. The molecule has 6 nitrogen and oxygen atoms in total. The number of halogens is 1. The molecule has 2 fully saturated rings. The molecule has 2 aliphatic rings. The van der Waals surface area contributed by atoms with Crippen LogP contribution >= 0.6 is 11.6 Å². The molecule has 0 bridgehead atoms. The van der Waals surface area contributed by atoms with Crippen LogP contribution < -0.4 is 10.2 Å². The Morgan fingerprint density at radius 2 is 1.56 bits per heavy atom. The monoisotopic (exact) mass is 511 g/mol. The number of hydrogen-bond donors (Lipinski definition) is 2. The second-order valence-corrected chi connectivity index (χ2v) is 10.5. The predicted molar refractivity (Wildman–Crippen MR) is 151 cm³/mol. The molecule has 1 aromatic carbocycles. The topological polar surface area (TPSA) is 64.5 Å². The molecule has 2 aliphatic heterocycles. The van der Waals surface area contributed by atoms with Crippen LogP contribution in [0, 0.1) is 5.41 Å². The van der Waals surface area contributed by atoms with E-state index in [1.165, 1.54) is 64.5 Å². The SMILES string of the molecule is N=C(COCCCN1CCCCC1)c1ccc(N2CCCCCCC2)nc1NCc1ccc(Cl)cc1. The summed E-state index contributed by atoms with van der Waals surface area (Å²) in [5, 5.41) is 13.0. The zero-order valence-corrected chi connectivity index (χ0v) is 22.4. The van der Waals surface area contributed by atoms with Crippen molar-refractivity contribution in [1.29, 1.82) is 5.41 Å². The van der Waals surface area contributed by atoms with E-state index in [2.05, 4.69) is 21.2 Å². The van der Waals surface area contributed by atoms with Gasteiger partial charge in [-0.05, 0) is 75.0 Å². The molecular weight excluding hydrogens is 470 g/mol. The highest BCUT2D eigenvalue weighted by atomic mass is 35.5. The minimum Gasteiger partial charge on any atom is -0.375 e. The standard InChI is InChI=1S/C29H42ClN5O/c30-25-12-10-24(11-13-25)22-32-29-26(14-15-28(33-29)35-19-7-2-1-3-8-20-35)27(31)23-36-21-9-18-34-16-5-4-6-17-34/h10-15,31H,1-9,16-23H2,(H,32,33). The lowest BCUT2D eigenvalue weighted by Gasteiger charge is -2.27. The van der Waals surface area contributed by atoms with Gasteiger partial charge in [-0.1, -0.05) is 49.4 Å². The first-order valence-corrected chi connectivity index (χ1v) is 14.2. The number of anilines is 2. The summed E-state index contributed by atoms with van der Waals surface area (Å²) >= 11 is 6.06. The van der Waals surface area contributed by atoms with E-state index in [4.69, 9.17) is 26.7 Å². The van der Waals surface area contributed by atoms with Gasteiger partial charge in [0.1, 0.15) is 11.6 Å². The van der Waals surface area contributed by atoms with E-state index in [-0.39, 0.29) is 0 Å². The molecule has 0 aliphatic carbocycles. The number of hydrogen-bond acceptors (Lipinski definition) is 6. The molecule has 7 heteroatoms. The maximum absolute atomic E-state index is 8.75. The number of aromatic nitrogens is 1. The quantitative estimate of drug-likeness (QED) is 0.271. The van der Waals surface area contributed by atoms with Gasteiger partial charge < -0.3 is 25.3 Å². The summed E-state index contributed by atoms with van der Waals surface area (Å²) in [5.74, 6) is 1.75. The molecule has 0 spiro atoms. The van der Waals surface area contributed by atoms with Crippen molar-refractivity contribution < 1.29 is 4.74 Å². The highest BCUT2D eigenvalue weighted by molar-refractivity contribution is 6.30. The smallest absolute Gasteiger partial charge is 0.137 e. The first kappa shape index (κ1) is 26.9. The van der Waals surface area contributed by atoms with Crippen molar-refractivity contribution in [1.82, 2.24) is 9.88 Å². The zero-order valence-electron chi connectivity index (χ0n) is 21.6. The highest BCUT2D eigenvalue weighted by Crippen LogP contribution is 2.23. The molecule has 1 aromatic heterocycles. The summed E-state index contributed by atoms with van der Waals surface area (Å²) in [6.45, 7) is 7.23. The molecule has 36 heavy (non-hydrogen) atoms. The fraction of sp³-hybridized carbons (Fsp3) is 0.586. The summed E-state index contributed by atoms with van der Waals surface area (Å²) < 4.78 is 5.92. The minimum atomic E-state index is 0.306. The van der Waals surface area contributed by atoms with Gasteiger partial charge in [0.2, 0.25) is 0 Å². The highest BCUT2D eigenvalue weighted by Gasteiger charge is 2.16. The molecule has 2 aromatic rings. The van der Waals surface area contributed by atoms with E-state index in [0.717, 1.165) is 53.8 Å². The Morgan fingerprint density at radius 1 is 0.889 bits per heavy atom. The molecule has 0 amide bonds. The molecule has 0 atom stereocenters. The van der Waals surface area contributed by atoms with Gasteiger partial charge in [0, 0.05) is 43.4 Å². The Labute approximate surface area is 221 Å². The maximum atomic E-state index is 8.75. The largest absolute Gasteiger partial charge is 0.375 e. The number of piperidine rings is 1. The van der Waals surface area contributed by atoms with Gasteiger partial charge in [0.05, 0.1) is 12.3 Å². The van der Waals surface area contributed by atoms with Crippen LogP contribution in [-0.4, -0.2) is 61.5 Å². The fourth-order valence-electron chi connectivity index (χ4n) is 5.09. The van der Waals surface area contributed by atoms with Crippen molar-refractivity contribution in [3.8, 4) is 0 Å². The molecule has 0 radical (unpaired) electrons. The van der Waals surface area contributed by atoms with Crippen molar-refractivity contribution in [2.75, 3.05) is 56.2 Å². The Balaban J connectivity index is 1.38. The molecular formula is C29H42ClN5O. The van der Waals surface area contributed by atoms with Crippen molar-refractivity contribution in [3.63, 3.8) is 0 Å². The molecule has 2 saturated heterocycles. The Bertz CT molecular complexity index is 937. The van der Waals surface area contributed by atoms with E-state index >= 15 is 0 Å². The van der Waals surface area contributed by atoms with Gasteiger partial charge in [0.15, 0.2) is 0 Å². The average Bonchev–Trinajstić information content (AvgIpc) is 2.88. The second kappa shape index (κ2) is 14.6. The third-order valence-corrected chi connectivity index (χ3v) is 7.47. The van der Waals surface area contributed by atoms with Crippen LogP contribution in [0.4, 0.5) is 11.6 Å². The summed E-state index contributed by atoms with van der Waals surface area (Å²) in [7, 11) is 0. The number of nitrogens with one attached hydrogen (secondary N) is 2. The van der Waals surface area contributed by atoms with Crippen LogP contribution in [0.15, 0.2) is 36.4 Å². The molecule has 0 unspecified atom stereocenters. The van der Waals surface area contributed by atoms with Crippen molar-refractivity contribution in [2.24, 2.45) is 0 Å². The first-order valence-electron chi connectivity index (χ1n) is 13.8. The molecule has 3 heterocycles. The number of ether oxygens (including phenoxy) is 1. The number of likely N-dealkylation sites (tertiary alicyclic amines) is 1. The lowest BCUT2D eigenvalue weighted by atomic mass is 10.1. The lowest BCUT2D eigenvalue weighted by Crippen LogP contribution is -2.31. The number of pyridine rings is 1. The van der Waals surface area contributed by atoms with Crippen LogP contribution in [0.25, 0.3) is 0 Å². The van der Waals surface area contributed by atoms with Gasteiger partial charge in [0.25, 0.3) is 0 Å². The molecule has 196 valence electrons. The van der Waals surface area contributed by atoms with Crippen LogP contribution in [0.5, 0.6) is 0 Å². The van der Waals surface area contributed by atoms with E-state index < -0.39 is 0 Å². The third-order valence-electron chi connectivity index (χ3n) is 7.22. The van der Waals surface area contributed by atoms with Crippen molar-refractivity contribution in [2.45, 2.75) is 64.3 Å². The van der Waals surface area contributed by atoms with Gasteiger partial charge in [-0.3, -0.25) is 0 Å². The van der Waals surface area contributed by atoms with Gasteiger partial charge in [-0.2, -0.15) is 0 Å². The van der Waals surface area contributed by atoms with Crippen LogP contribution in [0.3, 0.4) is 0 Å². The third kappa shape index (κ3) is 8.46. The molecule has 0 saturated carbocycles. The zero-order chi connectivity index (χ0) is 25.0. The second-order valence-electron chi connectivity index (χ2n) is 10.1. The average molecular weight is 512 g/mol. The minimum absolute atomic E-state index is 0.306. The Kier molecular flexibility index (Phi) is 10.9. The number of benzene rings is 1. The maximum Gasteiger partial charge on any atom is 0.137 e. The summed E-state index contributed by atoms with van der Waals surface area (Å²) in [6.07, 6.45) is 11.3. The van der Waals surface area contributed by atoms with E-state index in [0.29, 0.717) is 25.5 Å². The van der Waals surface area contributed by atoms with Gasteiger partial charge >= 0.3 is 0 Å². The van der Waals surface area contributed by atoms with E-state index in [9.17, 15) is 0 Å². The lowest BCUT2D eigenvalue weighted by molar-refractivity contribution is 0.145. The van der Waals surface area contributed by atoms with Crippen LogP contribution in [0.2, 0.25) is 5.02 Å². The van der Waals surface area contributed by atoms with Crippen molar-refractivity contribution in [3.05, 3.63) is 52.5 Å².